The van der Waals surface area contributed by atoms with Crippen molar-refractivity contribution in [2.45, 2.75) is 42.8 Å². The lowest BCUT2D eigenvalue weighted by atomic mass is 10.2. The van der Waals surface area contributed by atoms with E-state index < -0.39 is 15.1 Å². The summed E-state index contributed by atoms with van der Waals surface area (Å²) in [6.07, 6.45) is 4.07. The van der Waals surface area contributed by atoms with Gasteiger partial charge in [0.25, 0.3) is 0 Å². The highest BCUT2D eigenvalue weighted by Gasteiger charge is 2.33. The molecule has 21 heavy (non-hydrogen) atoms. The lowest BCUT2D eigenvalue weighted by Crippen LogP contribution is -2.42. The molecule has 0 spiro atoms. The van der Waals surface area contributed by atoms with Crippen LogP contribution < -0.4 is 0 Å². The Hall–Kier alpha value is -1.07. The molecule has 0 bridgehead atoms. The third-order valence-corrected chi connectivity index (χ3v) is 6.13. The molecule has 1 atom stereocenters. The number of likely N-dealkylation sites (tertiary alicyclic amines) is 1. The minimum Gasteiger partial charge on any atom is -0.342 e. The smallest absolute Gasteiger partial charge is 0.241 e. The maximum absolute atomic E-state index is 12.5. The topological polar surface area (TPSA) is 54.5 Å². The SMILES string of the molecule is C[C@@H](C(=O)N1CCCCCC1)S(=O)(=O)c1cccc(Cl)c1. The van der Waals surface area contributed by atoms with Gasteiger partial charge < -0.3 is 4.90 Å². The highest BCUT2D eigenvalue weighted by molar-refractivity contribution is 7.92. The van der Waals surface area contributed by atoms with Gasteiger partial charge in [0.05, 0.1) is 4.90 Å². The van der Waals surface area contributed by atoms with Crippen molar-refractivity contribution < 1.29 is 13.2 Å². The lowest BCUT2D eigenvalue weighted by Gasteiger charge is -2.24. The molecule has 0 aromatic heterocycles. The molecule has 116 valence electrons. The third kappa shape index (κ3) is 3.77. The van der Waals surface area contributed by atoms with E-state index in [9.17, 15) is 13.2 Å². The first-order valence-corrected chi connectivity index (χ1v) is 9.13. The van der Waals surface area contributed by atoms with Crippen LogP contribution in [-0.2, 0) is 14.6 Å². The van der Waals surface area contributed by atoms with Gasteiger partial charge in [-0.25, -0.2) is 8.42 Å². The van der Waals surface area contributed by atoms with Crippen molar-refractivity contribution in [3.8, 4) is 0 Å². The number of rotatable bonds is 3. The Morgan fingerprint density at radius 3 is 2.38 bits per heavy atom. The highest BCUT2D eigenvalue weighted by Crippen LogP contribution is 2.22. The number of hydrogen-bond donors (Lipinski definition) is 0. The highest BCUT2D eigenvalue weighted by atomic mass is 35.5. The molecule has 0 radical (unpaired) electrons. The fourth-order valence-corrected chi connectivity index (χ4v) is 4.17. The summed E-state index contributed by atoms with van der Waals surface area (Å²) in [4.78, 5) is 14.3. The van der Waals surface area contributed by atoms with Gasteiger partial charge in [0, 0.05) is 18.1 Å². The average molecular weight is 330 g/mol. The number of carbonyl (C=O) groups excluding carboxylic acids is 1. The monoisotopic (exact) mass is 329 g/mol. The van der Waals surface area contributed by atoms with E-state index in [4.69, 9.17) is 11.6 Å². The number of hydrogen-bond acceptors (Lipinski definition) is 3. The van der Waals surface area contributed by atoms with Crippen LogP contribution in [0.1, 0.15) is 32.6 Å². The Kier molecular flexibility index (Phi) is 5.27. The number of halogens is 1. The molecule has 1 saturated heterocycles. The van der Waals surface area contributed by atoms with Gasteiger partial charge >= 0.3 is 0 Å². The van der Waals surface area contributed by atoms with Gasteiger partial charge in [-0.2, -0.15) is 0 Å². The largest absolute Gasteiger partial charge is 0.342 e. The predicted octanol–water partition coefficient (Wildman–Crippen LogP) is 2.90. The second kappa shape index (κ2) is 6.79. The molecule has 0 unspecified atom stereocenters. The molecule has 6 heteroatoms. The second-order valence-electron chi connectivity index (χ2n) is 5.38. The van der Waals surface area contributed by atoms with E-state index in [1.165, 1.54) is 19.1 Å². The van der Waals surface area contributed by atoms with Gasteiger partial charge in [-0.3, -0.25) is 4.79 Å². The van der Waals surface area contributed by atoms with Crippen LogP contribution in [0, 0.1) is 0 Å². The Morgan fingerprint density at radius 1 is 1.19 bits per heavy atom. The normalized spacial score (nSPS) is 18.1. The molecule has 1 amide bonds. The maximum Gasteiger partial charge on any atom is 0.241 e. The van der Waals surface area contributed by atoms with Crippen molar-refractivity contribution in [2.24, 2.45) is 0 Å². The van der Waals surface area contributed by atoms with Gasteiger partial charge in [-0.1, -0.05) is 30.5 Å². The summed E-state index contributed by atoms with van der Waals surface area (Å²) in [7, 11) is -3.70. The van der Waals surface area contributed by atoms with Crippen molar-refractivity contribution in [2.75, 3.05) is 13.1 Å². The van der Waals surface area contributed by atoms with Crippen LogP contribution in [0.5, 0.6) is 0 Å². The maximum atomic E-state index is 12.5. The zero-order valence-corrected chi connectivity index (χ0v) is 13.7. The van der Waals surface area contributed by atoms with Crippen molar-refractivity contribution in [1.29, 1.82) is 0 Å². The van der Waals surface area contributed by atoms with Gasteiger partial charge in [-0.15, -0.1) is 0 Å². The van der Waals surface area contributed by atoms with Crippen LogP contribution in [-0.4, -0.2) is 37.6 Å². The Morgan fingerprint density at radius 2 is 1.81 bits per heavy atom. The summed E-state index contributed by atoms with van der Waals surface area (Å²) >= 11 is 5.85. The van der Waals surface area contributed by atoms with Crippen LogP contribution in [0.4, 0.5) is 0 Å². The molecule has 4 nitrogen and oxygen atoms in total. The van der Waals surface area contributed by atoms with Crippen molar-refractivity contribution in [1.82, 2.24) is 4.90 Å². The summed E-state index contributed by atoms with van der Waals surface area (Å²) in [5.41, 5.74) is 0. The van der Waals surface area contributed by atoms with Crippen LogP contribution in [0.3, 0.4) is 0 Å². The first-order valence-electron chi connectivity index (χ1n) is 7.21. The molecule has 1 aromatic rings. The molecule has 1 aromatic carbocycles. The molecule has 1 aliphatic rings. The molecule has 2 rings (SSSR count). The summed E-state index contributed by atoms with van der Waals surface area (Å²) < 4.78 is 25.1. The molecule has 1 aliphatic heterocycles. The zero-order chi connectivity index (χ0) is 15.5. The van der Waals surface area contributed by atoms with Crippen LogP contribution in [0.25, 0.3) is 0 Å². The van der Waals surface area contributed by atoms with Gasteiger partial charge in [-0.05, 0) is 38.0 Å². The fourth-order valence-electron chi connectivity index (χ4n) is 2.53. The Balaban J connectivity index is 2.21. The van der Waals surface area contributed by atoms with Gasteiger partial charge in [0.2, 0.25) is 5.91 Å². The number of sulfone groups is 1. The first-order chi connectivity index (χ1) is 9.93. The van der Waals surface area contributed by atoms with Crippen LogP contribution in [0.2, 0.25) is 5.02 Å². The predicted molar refractivity (Wildman–Crippen MR) is 83.1 cm³/mol. The third-order valence-electron chi connectivity index (χ3n) is 3.86. The Labute approximate surface area is 131 Å². The molecular formula is C15H20ClNO3S. The van der Waals surface area contributed by atoms with Gasteiger partial charge in [0.1, 0.15) is 5.25 Å². The van der Waals surface area contributed by atoms with Crippen molar-refractivity contribution in [3.05, 3.63) is 29.3 Å². The van der Waals surface area contributed by atoms with Crippen LogP contribution in [0.15, 0.2) is 29.2 Å². The molecule has 0 N–H and O–H groups in total. The van der Waals surface area contributed by atoms with E-state index in [1.54, 1.807) is 17.0 Å². The minimum atomic E-state index is -3.70. The number of nitrogens with zero attached hydrogens (tertiary/aromatic N) is 1. The summed E-state index contributed by atoms with van der Waals surface area (Å²) in [5.74, 6) is -0.308. The van der Waals surface area contributed by atoms with E-state index in [2.05, 4.69) is 0 Å². The lowest BCUT2D eigenvalue weighted by molar-refractivity contribution is -0.130. The zero-order valence-electron chi connectivity index (χ0n) is 12.1. The minimum absolute atomic E-state index is 0.102. The van der Waals surface area contributed by atoms with E-state index in [-0.39, 0.29) is 10.8 Å². The Bertz CT molecular complexity index is 607. The molecule has 0 aliphatic carbocycles. The van der Waals surface area contributed by atoms with E-state index in [1.807, 2.05) is 0 Å². The fraction of sp³-hybridized carbons (Fsp3) is 0.533. The van der Waals surface area contributed by atoms with E-state index in [0.29, 0.717) is 18.1 Å². The average Bonchev–Trinajstić information content (AvgIpc) is 2.74. The molecule has 0 saturated carbocycles. The number of carbonyl (C=O) groups is 1. The van der Waals surface area contributed by atoms with Crippen LogP contribution >= 0.6 is 11.6 Å². The van der Waals surface area contributed by atoms with Gasteiger partial charge in [0.15, 0.2) is 9.84 Å². The first kappa shape index (κ1) is 16.3. The number of amides is 1. The van der Waals surface area contributed by atoms with E-state index in [0.717, 1.165) is 25.7 Å². The standard InChI is InChI=1S/C15H20ClNO3S/c1-12(15(18)17-9-4-2-3-5-10-17)21(19,20)14-8-6-7-13(16)11-14/h6-8,11-12H,2-5,9-10H2,1H3/t12-/m0/s1. The van der Waals surface area contributed by atoms with E-state index >= 15 is 0 Å². The molecular weight excluding hydrogens is 310 g/mol. The summed E-state index contributed by atoms with van der Waals surface area (Å²) in [6, 6.07) is 6.07. The molecule has 1 fully saturated rings. The number of benzene rings is 1. The molecule has 1 heterocycles. The summed E-state index contributed by atoms with van der Waals surface area (Å²) in [5, 5.41) is -0.723. The summed E-state index contributed by atoms with van der Waals surface area (Å²) in [6.45, 7) is 2.76. The van der Waals surface area contributed by atoms with Crippen molar-refractivity contribution >= 4 is 27.3 Å². The quantitative estimate of drug-likeness (QED) is 0.856. The second-order valence-corrected chi connectivity index (χ2v) is 8.09. The van der Waals surface area contributed by atoms with Crippen molar-refractivity contribution in [3.63, 3.8) is 0 Å².